The van der Waals surface area contributed by atoms with E-state index in [4.69, 9.17) is 4.74 Å². The third-order valence-corrected chi connectivity index (χ3v) is 4.57. The molecular formula is C16H24N2O2S. The summed E-state index contributed by atoms with van der Waals surface area (Å²) in [5.74, 6) is 0.879. The largest absolute Gasteiger partial charge is 0.465 e. The molecule has 2 rings (SSSR count). The van der Waals surface area contributed by atoms with Crippen molar-refractivity contribution in [3.63, 3.8) is 0 Å². The molecule has 0 saturated carbocycles. The maximum absolute atomic E-state index is 12.0. The third kappa shape index (κ3) is 5.02. The summed E-state index contributed by atoms with van der Waals surface area (Å²) in [6.45, 7) is 7.83. The van der Waals surface area contributed by atoms with Gasteiger partial charge in [0.2, 0.25) is 0 Å². The normalized spacial score (nSPS) is 19.4. The zero-order valence-corrected chi connectivity index (χ0v) is 13.6. The lowest BCUT2D eigenvalue weighted by Crippen LogP contribution is -2.55. The van der Waals surface area contributed by atoms with E-state index < -0.39 is 0 Å². The van der Waals surface area contributed by atoms with Gasteiger partial charge in [0.15, 0.2) is 0 Å². The molecule has 1 aromatic carbocycles. The van der Waals surface area contributed by atoms with Crippen LogP contribution in [-0.2, 0) is 9.53 Å². The minimum atomic E-state index is -0.141. The second-order valence-electron chi connectivity index (χ2n) is 5.17. The van der Waals surface area contributed by atoms with E-state index in [0.29, 0.717) is 13.2 Å². The van der Waals surface area contributed by atoms with Crippen LogP contribution >= 0.6 is 11.8 Å². The van der Waals surface area contributed by atoms with Crippen LogP contribution in [0.4, 0.5) is 0 Å². The van der Waals surface area contributed by atoms with E-state index in [0.717, 1.165) is 25.4 Å². The smallest absolute Gasteiger partial charge is 0.324 e. The molecule has 1 atom stereocenters. The van der Waals surface area contributed by atoms with E-state index in [2.05, 4.69) is 41.4 Å². The molecule has 0 spiro atoms. The fourth-order valence-electron chi connectivity index (χ4n) is 2.40. The van der Waals surface area contributed by atoms with Crippen LogP contribution < -0.4 is 5.32 Å². The molecule has 1 N–H and O–H groups in total. The zero-order chi connectivity index (χ0) is 15.1. The average molecular weight is 308 g/mol. The molecule has 0 amide bonds. The molecule has 1 aliphatic rings. The van der Waals surface area contributed by atoms with Gasteiger partial charge in [-0.15, -0.1) is 11.8 Å². The van der Waals surface area contributed by atoms with Gasteiger partial charge in [0.25, 0.3) is 0 Å². The van der Waals surface area contributed by atoms with Gasteiger partial charge >= 0.3 is 5.97 Å². The van der Waals surface area contributed by atoms with Crippen molar-refractivity contribution in [1.29, 1.82) is 0 Å². The number of ether oxygens (including phenoxy) is 1. The highest BCUT2D eigenvalue weighted by molar-refractivity contribution is 7.99. The zero-order valence-electron chi connectivity index (χ0n) is 12.8. The fraction of sp³-hybridized carbons (Fsp3) is 0.562. The minimum Gasteiger partial charge on any atom is -0.465 e. The van der Waals surface area contributed by atoms with Crippen molar-refractivity contribution < 1.29 is 9.53 Å². The standard InChI is InChI=1S/C16H24N2O2S/c1-3-20-16(19)15-12-17-8-9-18(15)10-11-21-14-6-4-13(2)5-7-14/h4-7,15,17H,3,8-12H2,1-2H3. The molecule has 21 heavy (non-hydrogen) atoms. The molecule has 1 saturated heterocycles. The number of aryl methyl sites for hydroxylation is 1. The molecule has 0 aromatic heterocycles. The molecular weight excluding hydrogens is 284 g/mol. The first-order valence-corrected chi connectivity index (χ1v) is 8.50. The number of nitrogens with zero attached hydrogens (tertiary/aromatic N) is 1. The molecule has 116 valence electrons. The van der Waals surface area contributed by atoms with Gasteiger partial charge in [0.1, 0.15) is 6.04 Å². The van der Waals surface area contributed by atoms with E-state index in [1.165, 1.54) is 10.5 Å². The highest BCUT2D eigenvalue weighted by atomic mass is 32.2. The molecule has 4 nitrogen and oxygen atoms in total. The number of hydrogen-bond acceptors (Lipinski definition) is 5. The van der Waals surface area contributed by atoms with Crippen LogP contribution in [0.3, 0.4) is 0 Å². The molecule has 0 radical (unpaired) electrons. The van der Waals surface area contributed by atoms with Crippen molar-refractivity contribution >= 4 is 17.7 Å². The lowest BCUT2D eigenvalue weighted by atomic mass is 10.2. The van der Waals surface area contributed by atoms with Gasteiger partial charge in [0.05, 0.1) is 6.61 Å². The summed E-state index contributed by atoms with van der Waals surface area (Å²) in [6.07, 6.45) is 0. The number of carbonyl (C=O) groups excluding carboxylic acids is 1. The topological polar surface area (TPSA) is 41.6 Å². The number of hydrogen-bond donors (Lipinski definition) is 1. The molecule has 0 bridgehead atoms. The third-order valence-electron chi connectivity index (χ3n) is 3.58. The summed E-state index contributed by atoms with van der Waals surface area (Å²) in [7, 11) is 0. The van der Waals surface area contributed by atoms with Crippen LogP contribution in [0.25, 0.3) is 0 Å². The predicted octanol–water partition coefficient (Wildman–Crippen LogP) is 1.92. The van der Waals surface area contributed by atoms with Gasteiger partial charge in [-0.05, 0) is 26.0 Å². The second-order valence-corrected chi connectivity index (χ2v) is 6.34. The summed E-state index contributed by atoms with van der Waals surface area (Å²) < 4.78 is 5.16. The number of esters is 1. The molecule has 1 fully saturated rings. The summed E-state index contributed by atoms with van der Waals surface area (Å²) >= 11 is 1.84. The Kier molecular flexibility index (Phi) is 6.54. The Hall–Kier alpha value is -1.04. The first-order valence-electron chi connectivity index (χ1n) is 7.51. The van der Waals surface area contributed by atoms with E-state index in [-0.39, 0.29) is 12.0 Å². The number of benzene rings is 1. The van der Waals surface area contributed by atoms with Gasteiger partial charge < -0.3 is 10.1 Å². The van der Waals surface area contributed by atoms with Crippen molar-refractivity contribution in [3.05, 3.63) is 29.8 Å². The summed E-state index contributed by atoms with van der Waals surface area (Å²) in [4.78, 5) is 15.5. The monoisotopic (exact) mass is 308 g/mol. The maximum atomic E-state index is 12.0. The van der Waals surface area contributed by atoms with Crippen LogP contribution in [0.5, 0.6) is 0 Å². The van der Waals surface area contributed by atoms with Crippen molar-refractivity contribution in [2.24, 2.45) is 0 Å². The second kappa shape index (κ2) is 8.41. The first-order chi connectivity index (χ1) is 10.2. The van der Waals surface area contributed by atoms with Crippen molar-refractivity contribution in [2.45, 2.75) is 24.8 Å². The van der Waals surface area contributed by atoms with E-state index in [1.807, 2.05) is 18.7 Å². The van der Waals surface area contributed by atoms with Crippen molar-refractivity contribution in [2.75, 3.05) is 38.5 Å². The molecule has 5 heteroatoms. The highest BCUT2D eigenvalue weighted by Crippen LogP contribution is 2.19. The Balaban J connectivity index is 1.82. The number of piperazine rings is 1. The first kappa shape index (κ1) is 16.3. The van der Waals surface area contributed by atoms with Crippen LogP contribution in [-0.4, -0.2) is 55.4 Å². The van der Waals surface area contributed by atoms with Gasteiger partial charge in [-0.2, -0.15) is 0 Å². The van der Waals surface area contributed by atoms with Crippen LogP contribution in [0.15, 0.2) is 29.2 Å². The van der Waals surface area contributed by atoms with Gasteiger partial charge in [0, 0.05) is 36.8 Å². The van der Waals surface area contributed by atoms with Crippen LogP contribution in [0.2, 0.25) is 0 Å². The maximum Gasteiger partial charge on any atom is 0.324 e. The lowest BCUT2D eigenvalue weighted by molar-refractivity contribution is -0.150. The quantitative estimate of drug-likeness (QED) is 0.642. The minimum absolute atomic E-state index is 0.106. The molecule has 1 unspecified atom stereocenters. The van der Waals surface area contributed by atoms with Gasteiger partial charge in [-0.1, -0.05) is 17.7 Å². The summed E-state index contributed by atoms with van der Waals surface area (Å²) in [5.41, 5.74) is 1.28. The highest BCUT2D eigenvalue weighted by Gasteiger charge is 2.29. The predicted molar refractivity (Wildman–Crippen MR) is 86.8 cm³/mol. The number of rotatable bonds is 6. The molecule has 0 aliphatic carbocycles. The van der Waals surface area contributed by atoms with E-state index in [1.54, 1.807) is 0 Å². The van der Waals surface area contributed by atoms with Crippen molar-refractivity contribution in [3.8, 4) is 0 Å². The Morgan fingerprint density at radius 3 is 2.90 bits per heavy atom. The summed E-state index contributed by atoms with van der Waals surface area (Å²) in [6, 6.07) is 8.43. The van der Waals surface area contributed by atoms with Crippen LogP contribution in [0, 0.1) is 6.92 Å². The Morgan fingerprint density at radius 2 is 2.19 bits per heavy atom. The van der Waals surface area contributed by atoms with E-state index in [9.17, 15) is 4.79 Å². The summed E-state index contributed by atoms with van der Waals surface area (Å²) in [5, 5.41) is 3.27. The Labute approximate surface area is 131 Å². The fourth-order valence-corrected chi connectivity index (χ4v) is 3.29. The van der Waals surface area contributed by atoms with E-state index >= 15 is 0 Å². The molecule has 1 aromatic rings. The Morgan fingerprint density at radius 1 is 1.43 bits per heavy atom. The molecule has 1 heterocycles. The van der Waals surface area contributed by atoms with Crippen molar-refractivity contribution in [1.82, 2.24) is 10.2 Å². The van der Waals surface area contributed by atoms with Gasteiger partial charge in [-0.3, -0.25) is 9.69 Å². The number of carbonyl (C=O) groups is 1. The van der Waals surface area contributed by atoms with Gasteiger partial charge in [-0.25, -0.2) is 0 Å². The molecule has 1 aliphatic heterocycles. The number of thioether (sulfide) groups is 1. The number of nitrogens with one attached hydrogen (secondary N) is 1. The Bertz CT molecular complexity index is 450. The SMILES string of the molecule is CCOC(=O)C1CNCCN1CCSc1ccc(C)cc1. The average Bonchev–Trinajstić information content (AvgIpc) is 2.50. The van der Waals surface area contributed by atoms with Crippen LogP contribution in [0.1, 0.15) is 12.5 Å². The lowest BCUT2D eigenvalue weighted by Gasteiger charge is -2.34.